The fraction of sp³-hybridized carbons (Fsp3) is 0.455. The van der Waals surface area contributed by atoms with Crippen LogP contribution in [-0.4, -0.2) is 52.0 Å². The molecule has 0 aliphatic heterocycles. The summed E-state index contributed by atoms with van der Waals surface area (Å²) in [7, 11) is -4.06. The Labute approximate surface area is 261 Å². The number of carbonyl (C=O) groups excluding carboxylic acids is 1. The molecule has 0 bridgehead atoms. The van der Waals surface area contributed by atoms with Crippen molar-refractivity contribution in [1.29, 1.82) is 0 Å². The van der Waals surface area contributed by atoms with Crippen LogP contribution in [0.5, 0.6) is 0 Å². The highest BCUT2D eigenvalue weighted by atomic mass is 32.2. The van der Waals surface area contributed by atoms with Gasteiger partial charge >= 0.3 is 12.1 Å². The molecule has 0 aliphatic carbocycles. The molecule has 1 amide bonds. The highest BCUT2D eigenvalue weighted by Gasteiger charge is 2.29. The number of sulfonamides is 1. The van der Waals surface area contributed by atoms with Gasteiger partial charge in [-0.2, -0.15) is 4.31 Å². The minimum absolute atomic E-state index is 0.00620. The number of rotatable bonds is 14. The molecule has 0 aliphatic rings. The number of aromatic nitrogens is 2. The number of anilines is 1. The summed E-state index contributed by atoms with van der Waals surface area (Å²) in [6.07, 6.45) is 5.09. The Morgan fingerprint density at radius 2 is 1.61 bits per heavy atom. The van der Waals surface area contributed by atoms with Crippen molar-refractivity contribution in [2.75, 3.05) is 11.4 Å². The normalized spacial score (nSPS) is 12.2. The van der Waals surface area contributed by atoms with Gasteiger partial charge in [-0.25, -0.2) is 23.2 Å². The smallest absolute Gasteiger partial charge is 0.416 e. The largest absolute Gasteiger partial charge is 0.480 e. The van der Waals surface area contributed by atoms with E-state index in [2.05, 4.69) is 42.9 Å². The quantitative estimate of drug-likeness (QED) is 0.200. The van der Waals surface area contributed by atoms with Gasteiger partial charge in [-0.1, -0.05) is 76.4 Å². The minimum atomic E-state index is -4.06. The topological polar surface area (TPSA) is 130 Å². The average molecular weight is 625 g/mol. The van der Waals surface area contributed by atoms with Gasteiger partial charge < -0.3 is 9.84 Å². The molecule has 0 radical (unpaired) electrons. The van der Waals surface area contributed by atoms with Gasteiger partial charge in [-0.05, 0) is 68.0 Å². The Morgan fingerprint density at radius 3 is 2.20 bits per heavy atom. The Kier molecular flexibility index (Phi) is 11.6. The summed E-state index contributed by atoms with van der Waals surface area (Å²) in [6.45, 7) is 10.9. The molecule has 2 heterocycles. The van der Waals surface area contributed by atoms with Gasteiger partial charge in [-0.3, -0.25) is 9.69 Å². The molecule has 1 N–H and O–H groups in total. The molecule has 238 valence electrons. The highest BCUT2D eigenvalue weighted by molar-refractivity contribution is 7.89. The van der Waals surface area contributed by atoms with Crippen molar-refractivity contribution in [2.45, 2.75) is 96.4 Å². The summed E-state index contributed by atoms with van der Waals surface area (Å²) >= 11 is 0. The SMILES string of the molecule is CCCCCC(C)(C)c1ccc(CN(Cc2cccc(N(CC(=O)O)C(=O)OC(C)(C)C)n2)S(=O)(=O)c2ccccn2)cc1. The lowest BCUT2D eigenvalue weighted by Crippen LogP contribution is -2.40. The summed E-state index contributed by atoms with van der Waals surface area (Å²) < 4.78 is 34.3. The van der Waals surface area contributed by atoms with E-state index in [0.29, 0.717) is 5.69 Å². The standard InChI is InChI=1S/C33H44N4O6S/c1-7-8-10-20-33(5,6)26-18-16-25(17-19-26)22-36(44(41,42)29-15-9-11-21-34-29)23-27-13-12-14-28(35-27)37(24-30(38)39)31(40)43-32(2,3)4/h9,11-19,21H,7-8,10,20,22-24H2,1-6H3,(H,38,39). The fourth-order valence-electron chi connectivity index (χ4n) is 4.66. The second kappa shape index (κ2) is 14.8. The number of amides is 1. The maximum absolute atomic E-state index is 13.8. The van der Waals surface area contributed by atoms with Crippen molar-refractivity contribution in [3.8, 4) is 0 Å². The summed E-state index contributed by atoms with van der Waals surface area (Å²) in [6, 6.07) is 17.4. The van der Waals surface area contributed by atoms with Gasteiger partial charge in [0.05, 0.1) is 12.2 Å². The molecule has 3 rings (SSSR count). The lowest BCUT2D eigenvalue weighted by molar-refractivity contribution is -0.135. The maximum atomic E-state index is 13.8. The van der Waals surface area contributed by atoms with E-state index < -0.39 is 34.2 Å². The predicted molar refractivity (Wildman–Crippen MR) is 170 cm³/mol. The van der Waals surface area contributed by atoms with Crippen molar-refractivity contribution < 1.29 is 27.9 Å². The number of aliphatic carboxylic acids is 1. The van der Waals surface area contributed by atoms with Gasteiger partial charge in [0, 0.05) is 12.7 Å². The molecule has 3 aromatic rings. The number of pyridine rings is 2. The monoisotopic (exact) mass is 624 g/mol. The molecular formula is C33H44N4O6S. The van der Waals surface area contributed by atoms with Crippen LogP contribution in [0.3, 0.4) is 0 Å². The third kappa shape index (κ3) is 9.85. The van der Waals surface area contributed by atoms with E-state index >= 15 is 0 Å². The van der Waals surface area contributed by atoms with Crippen LogP contribution >= 0.6 is 0 Å². The van der Waals surface area contributed by atoms with E-state index in [1.165, 1.54) is 34.6 Å². The number of carboxylic acid groups (broad SMARTS) is 1. The third-order valence-electron chi connectivity index (χ3n) is 7.06. The maximum Gasteiger partial charge on any atom is 0.416 e. The second-order valence-electron chi connectivity index (χ2n) is 12.4. The van der Waals surface area contributed by atoms with Crippen LogP contribution in [0.1, 0.15) is 84.0 Å². The third-order valence-corrected chi connectivity index (χ3v) is 8.76. The van der Waals surface area contributed by atoms with Crippen LogP contribution in [0.2, 0.25) is 0 Å². The zero-order chi connectivity index (χ0) is 32.5. The van der Waals surface area contributed by atoms with Gasteiger partial charge in [0.2, 0.25) is 0 Å². The van der Waals surface area contributed by atoms with Crippen molar-refractivity contribution in [2.24, 2.45) is 0 Å². The molecule has 11 heteroatoms. The van der Waals surface area contributed by atoms with Crippen LogP contribution in [0.4, 0.5) is 10.6 Å². The number of carboxylic acids is 1. The van der Waals surface area contributed by atoms with Crippen LogP contribution in [0.25, 0.3) is 0 Å². The van der Waals surface area contributed by atoms with Crippen molar-refractivity contribution in [1.82, 2.24) is 14.3 Å². The summed E-state index contributed by atoms with van der Waals surface area (Å²) in [5, 5.41) is 9.35. The predicted octanol–water partition coefficient (Wildman–Crippen LogP) is 6.55. The van der Waals surface area contributed by atoms with Crippen molar-refractivity contribution in [3.63, 3.8) is 0 Å². The molecular weight excluding hydrogens is 580 g/mol. The van der Waals surface area contributed by atoms with Crippen LogP contribution in [0.15, 0.2) is 71.9 Å². The van der Waals surface area contributed by atoms with E-state index in [9.17, 15) is 23.1 Å². The first-order chi connectivity index (χ1) is 20.6. The molecule has 0 saturated carbocycles. The molecule has 10 nitrogen and oxygen atoms in total. The number of benzene rings is 1. The zero-order valence-electron chi connectivity index (χ0n) is 26.5. The number of hydrogen-bond acceptors (Lipinski definition) is 7. The van der Waals surface area contributed by atoms with Crippen LogP contribution in [-0.2, 0) is 38.1 Å². The van der Waals surface area contributed by atoms with E-state index in [4.69, 9.17) is 4.74 Å². The highest BCUT2D eigenvalue weighted by Crippen LogP contribution is 2.30. The van der Waals surface area contributed by atoms with Crippen molar-refractivity contribution in [3.05, 3.63) is 83.7 Å². The first kappa shape index (κ1) is 34.7. The second-order valence-corrected chi connectivity index (χ2v) is 14.3. The van der Waals surface area contributed by atoms with Gasteiger partial charge in [-0.15, -0.1) is 0 Å². The number of carbonyl (C=O) groups is 2. The summed E-state index contributed by atoms with van der Waals surface area (Å²) in [4.78, 5) is 33.9. The molecule has 2 aromatic heterocycles. The van der Waals surface area contributed by atoms with Gasteiger partial charge in [0.15, 0.2) is 5.03 Å². The van der Waals surface area contributed by atoms with E-state index in [0.717, 1.165) is 29.7 Å². The lowest BCUT2D eigenvalue weighted by Gasteiger charge is -2.27. The number of nitrogens with zero attached hydrogens (tertiary/aromatic N) is 4. The molecule has 1 aromatic carbocycles. The average Bonchev–Trinajstić information content (AvgIpc) is 2.95. The molecule has 0 fully saturated rings. The van der Waals surface area contributed by atoms with Gasteiger partial charge in [0.1, 0.15) is 18.0 Å². The van der Waals surface area contributed by atoms with Crippen LogP contribution < -0.4 is 4.90 Å². The Hall–Kier alpha value is -3.83. The number of unbranched alkanes of at least 4 members (excludes halogenated alkanes) is 2. The molecule has 44 heavy (non-hydrogen) atoms. The number of ether oxygens (including phenoxy) is 1. The van der Waals surface area contributed by atoms with E-state index in [-0.39, 0.29) is 29.3 Å². The molecule has 0 atom stereocenters. The van der Waals surface area contributed by atoms with Crippen LogP contribution in [0, 0.1) is 0 Å². The van der Waals surface area contributed by atoms with Crippen molar-refractivity contribution >= 4 is 27.9 Å². The summed E-state index contributed by atoms with van der Waals surface area (Å²) in [5.41, 5.74) is 1.42. The Balaban J connectivity index is 1.95. The number of hydrogen-bond donors (Lipinski definition) is 1. The zero-order valence-corrected chi connectivity index (χ0v) is 27.3. The van der Waals surface area contributed by atoms with Gasteiger partial charge in [0.25, 0.3) is 10.0 Å². The molecule has 0 unspecified atom stereocenters. The van der Waals surface area contributed by atoms with E-state index in [1.807, 2.05) is 12.1 Å². The Bertz CT molecular complexity index is 1500. The minimum Gasteiger partial charge on any atom is -0.480 e. The molecule has 0 spiro atoms. The summed E-state index contributed by atoms with van der Waals surface area (Å²) in [5.74, 6) is -1.22. The first-order valence-electron chi connectivity index (χ1n) is 14.8. The lowest BCUT2D eigenvalue weighted by atomic mass is 9.80. The Morgan fingerprint density at radius 1 is 0.909 bits per heavy atom. The fourth-order valence-corrected chi connectivity index (χ4v) is 5.99. The van der Waals surface area contributed by atoms with E-state index in [1.54, 1.807) is 45.0 Å². The first-order valence-corrected chi connectivity index (χ1v) is 16.3. The molecule has 0 saturated heterocycles.